The smallest absolute Gasteiger partial charge is 0.339 e. The van der Waals surface area contributed by atoms with Crippen molar-refractivity contribution in [3.63, 3.8) is 0 Å². The van der Waals surface area contributed by atoms with Crippen LogP contribution in [0.1, 0.15) is 16.8 Å². The Kier molecular flexibility index (Phi) is 6.02. The first kappa shape index (κ1) is 15.8. The normalized spacial score (nSPS) is 10.2. The summed E-state index contributed by atoms with van der Waals surface area (Å²) < 4.78 is 11.4. The van der Waals surface area contributed by atoms with E-state index in [2.05, 4.69) is 20.9 Å². The minimum atomic E-state index is -0.393. The van der Waals surface area contributed by atoms with E-state index in [4.69, 9.17) is 21.1 Å². The predicted molar refractivity (Wildman–Crippen MR) is 83.8 cm³/mol. The van der Waals surface area contributed by atoms with Crippen molar-refractivity contribution in [3.8, 4) is 5.75 Å². The van der Waals surface area contributed by atoms with Gasteiger partial charge in [-0.05, 0) is 46.3 Å². The molecular weight excluding hydrogens is 358 g/mol. The van der Waals surface area contributed by atoms with Crippen molar-refractivity contribution in [3.05, 3.63) is 57.8 Å². The standard InChI is InChI=1S/C15H13BrClNO3/c16-12-8-11(9-18-10-12)15(19)21-7-1-6-20-14-4-2-13(17)3-5-14/h2-5,8-10H,1,6-7H2. The zero-order valence-corrected chi connectivity index (χ0v) is 13.4. The zero-order chi connectivity index (χ0) is 15.1. The molecule has 1 aromatic heterocycles. The van der Waals surface area contributed by atoms with Gasteiger partial charge in [0.1, 0.15) is 5.75 Å². The predicted octanol–water partition coefficient (Wildman–Crippen LogP) is 4.12. The van der Waals surface area contributed by atoms with Crippen LogP contribution >= 0.6 is 27.5 Å². The first-order valence-electron chi connectivity index (χ1n) is 6.31. The van der Waals surface area contributed by atoms with Gasteiger partial charge in [-0.2, -0.15) is 0 Å². The number of pyridine rings is 1. The second-order valence-electron chi connectivity index (χ2n) is 4.18. The molecule has 110 valence electrons. The fourth-order valence-electron chi connectivity index (χ4n) is 1.55. The average Bonchev–Trinajstić information content (AvgIpc) is 2.48. The number of rotatable bonds is 6. The van der Waals surface area contributed by atoms with Crippen molar-refractivity contribution < 1.29 is 14.3 Å². The molecule has 0 bridgehead atoms. The fourth-order valence-corrected chi connectivity index (χ4v) is 2.04. The van der Waals surface area contributed by atoms with Gasteiger partial charge in [-0.3, -0.25) is 4.98 Å². The summed E-state index contributed by atoms with van der Waals surface area (Å²) in [4.78, 5) is 15.6. The van der Waals surface area contributed by atoms with Gasteiger partial charge in [-0.1, -0.05) is 11.6 Å². The lowest BCUT2D eigenvalue weighted by molar-refractivity contribution is 0.0485. The van der Waals surface area contributed by atoms with Crippen LogP contribution in [0.2, 0.25) is 5.02 Å². The van der Waals surface area contributed by atoms with E-state index in [-0.39, 0.29) is 0 Å². The lowest BCUT2D eigenvalue weighted by atomic mass is 10.3. The monoisotopic (exact) mass is 369 g/mol. The number of nitrogens with zero attached hydrogens (tertiary/aromatic N) is 1. The van der Waals surface area contributed by atoms with Gasteiger partial charge in [0.2, 0.25) is 0 Å². The van der Waals surface area contributed by atoms with Gasteiger partial charge < -0.3 is 9.47 Å². The minimum absolute atomic E-state index is 0.291. The quantitative estimate of drug-likeness (QED) is 0.567. The molecule has 6 heteroatoms. The van der Waals surface area contributed by atoms with E-state index in [9.17, 15) is 4.79 Å². The average molecular weight is 371 g/mol. The molecule has 2 aromatic rings. The number of hydrogen-bond donors (Lipinski definition) is 0. The van der Waals surface area contributed by atoms with Gasteiger partial charge >= 0.3 is 5.97 Å². The Labute approximate surface area is 136 Å². The summed E-state index contributed by atoms with van der Waals surface area (Å²) in [5.41, 5.74) is 0.419. The van der Waals surface area contributed by atoms with Crippen LogP contribution in [0.25, 0.3) is 0 Å². The molecule has 0 spiro atoms. The summed E-state index contributed by atoms with van der Waals surface area (Å²) in [6.07, 6.45) is 3.68. The maximum Gasteiger partial charge on any atom is 0.339 e. The SMILES string of the molecule is O=C(OCCCOc1ccc(Cl)cc1)c1cncc(Br)c1. The molecule has 0 unspecified atom stereocenters. The van der Waals surface area contributed by atoms with Crippen LogP contribution in [0.3, 0.4) is 0 Å². The van der Waals surface area contributed by atoms with E-state index in [1.807, 2.05) is 0 Å². The molecule has 0 aliphatic heterocycles. The van der Waals surface area contributed by atoms with Crippen LogP contribution in [0, 0.1) is 0 Å². The lowest BCUT2D eigenvalue weighted by Gasteiger charge is -2.07. The molecule has 4 nitrogen and oxygen atoms in total. The highest BCUT2D eigenvalue weighted by Crippen LogP contribution is 2.15. The molecule has 1 heterocycles. The molecule has 0 saturated heterocycles. The Balaban J connectivity index is 1.68. The highest BCUT2D eigenvalue weighted by atomic mass is 79.9. The number of halogens is 2. The van der Waals surface area contributed by atoms with Crippen molar-refractivity contribution in [2.45, 2.75) is 6.42 Å². The third-order valence-electron chi connectivity index (χ3n) is 2.54. The lowest BCUT2D eigenvalue weighted by Crippen LogP contribution is -2.09. The second-order valence-corrected chi connectivity index (χ2v) is 5.54. The summed E-state index contributed by atoms with van der Waals surface area (Å²) in [5.74, 6) is 0.345. The van der Waals surface area contributed by atoms with Gasteiger partial charge in [-0.15, -0.1) is 0 Å². The summed E-state index contributed by atoms with van der Waals surface area (Å²) >= 11 is 9.03. The summed E-state index contributed by atoms with van der Waals surface area (Å²) in [6, 6.07) is 8.77. The van der Waals surface area contributed by atoms with Crippen molar-refractivity contribution in [2.24, 2.45) is 0 Å². The van der Waals surface area contributed by atoms with Gasteiger partial charge in [0.15, 0.2) is 0 Å². The third kappa shape index (κ3) is 5.36. The Hall–Kier alpha value is -1.59. The number of hydrogen-bond acceptors (Lipinski definition) is 4. The molecule has 0 fully saturated rings. The maximum absolute atomic E-state index is 11.7. The molecule has 2 rings (SSSR count). The Morgan fingerprint density at radius 1 is 1.19 bits per heavy atom. The molecule has 1 aromatic carbocycles. The first-order chi connectivity index (χ1) is 10.1. The van der Waals surface area contributed by atoms with Crippen molar-refractivity contribution in [1.82, 2.24) is 4.98 Å². The van der Waals surface area contributed by atoms with Crippen LogP contribution in [-0.2, 0) is 4.74 Å². The number of carbonyl (C=O) groups is 1. The van der Waals surface area contributed by atoms with E-state index in [1.165, 1.54) is 6.20 Å². The molecule has 0 radical (unpaired) electrons. The number of esters is 1. The van der Waals surface area contributed by atoms with Crippen LogP contribution in [-0.4, -0.2) is 24.2 Å². The van der Waals surface area contributed by atoms with E-state index >= 15 is 0 Å². The first-order valence-corrected chi connectivity index (χ1v) is 7.48. The second kappa shape index (κ2) is 8.00. The number of aromatic nitrogens is 1. The highest BCUT2D eigenvalue weighted by Gasteiger charge is 2.07. The largest absolute Gasteiger partial charge is 0.493 e. The van der Waals surface area contributed by atoms with Crippen LogP contribution in [0.4, 0.5) is 0 Å². The third-order valence-corrected chi connectivity index (χ3v) is 3.23. The van der Waals surface area contributed by atoms with E-state index < -0.39 is 5.97 Å². The van der Waals surface area contributed by atoms with Crippen LogP contribution in [0.5, 0.6) is 5.75 Å². The molecule has 0 saturated carbocycles. The van der Waals surface area contributed by atoms with Gasteiger partial charge in [0, 0.05) is 28.3 Å². The fraction of sp³-hybridized carbons (Fsp3) is 0.200. The topological polar surface area (TPSA) is 48.4 Å². The van der Waals surface area contributed by atoms with E-state index in [1.54, 1.807) is 36.5 Å². The van der Waals surface area contributed by atoms with Crippen molar-refractivity contribution >= 4 is 33.5 Å². The molecule has 21 heavy (non-hydrogen) atoms. The van der Waals surface area contributed by atoms with Gasteiger partial charge in [0.05, 0.1) is 18.8 Å². The minimum Gasteiger partial charge on any atom is -0.493 e. The van der Waals surface area contributed by atoms with Gasteiger partial charge in [-0.25, -0.2) is 4.79 Å². The molecule has 0 aliphatic rings. The zero-order valence-electron chi connectivity index (χ0n) is 11.1. The summed E-state index contributed by atoms with van der Waals surface area (Å²) in [6.45, 7) is 0.755. The van der Waals surface area contributed by atoms with Gasteiger partial charge in [0.25, 0.3) is 0 Å². The number of ether oxygens (including phenoxy) is 2. The highest BCUT2D eigenvalue weighted by molar-refractivity contribution is 9.10. The van der Waals surface area contributed by atoms with Crippen LogP contribution in [0.15, 0.2) is 47.2 Å². The number of carbonyl (C=O) groups excluding carboxylic acids is 1. The molecule has 0 atom stereocenters. The summed E-state index contributed by atoms with van der Waals surface area (Å²) in [7, 11) is 0. The van der Waals surface area contributed by atoms with E-state index in [0.29, 0.717) is 30.2 Å². The molecule has 0 aliphatic carbocycles. The Morgan fingerprint density at radius 2 is 1.95 bits per heavy atom. The van der Waals surface area contributed by atoms with E-state index in [0.717, 1.165) is 10.2 Å². The van der Waals surface area contributed by atoms with Crippen molar-refractivity contribution in [1.29, 1.82) is 0 Å². The van der Waals surface area contributed by atoms with Crippen molar-refractivity contribution in [2.75, 3.05) is 13.2 Å². The Bertz CT molecular complexity index is 604. The maximum atomic E-state index is 11.7. The molecular formula is C15H13BrClNO3. The summed E-state index contributed by atoms with van der Waals surface area (Å²) in [5, 5.41) is 0.666. The number of benzene rings is 1. The Morgan fingerprint density at radius 3 is 2.67 bits per heavy atom. The molecule has 0 N–H and O–H groups in total. The molecule has 0 amide bonds. The van der Waals surface area contributed by atoms with Crippen LogP contribution < -0.4 is 4.74 Å².